The monoisotopic (exact) mass is 536 g/mol. The van der Waals surface area contributed by atoms with Crippen molar-refractivity contribution < 1.29 is 23.8 Å². The molecule has 5 aromatic rings. The Hall–Kier alpha value is -4.65. The highest BCUT2D eigenvalue weighted by molar-refractivity contribution is 5.93. The van der Waals surface area contributed by atoms with Crippen LogP contribution in [0.25, 0.3) is 22.4 Å². The predicted molar refractivity (Wildman–Crippen MR) is 151 cm³/mol. The highest BCUT2D eigenvalue weighted by Gasteiger charge is 2.23. The fourth-order valence-electron chi connectivity index (χ4n) is 5.34. The van der Waals surface area contributed by atoms with Gasteiger partial charge in [-0.1, -0.05) is 49.6 Å². The van der Waals surface area contributed by atoms with Crippen LogP contribution in [0, 0.1) is 5.82 Å². The molecule has 1 N–H and O–H groups in total. The van der Waals surface area contributed by atoms with Crippen LogP contribution in [0.5, 0.6) is 17.2 Å². The molecular weight excluding hydrogens is 507 g/mol. The van der Waals surface area contributed by atoms with Crippen molar-refractivity contribution in [1.82, 2.24) is 9.55 Å². The predicted octanol–water partition coefficient (Wildman–Crippen LogP) is 8.42. The van der Waals surface area contributed by atoms with Gasteiger partial charge in [0.2, 0.25) is 0 Å². The van der Waals surface area contributed by atoms with E-state index < -0.39 is 11.8 Å². The minimum absolute atomic E-state index is 0.107. The maximum absolute atomic E-state index is 15.3. The van der Waals surface area contributed by atoms with Crippen LogP contribution in [-0.4, -0.2) is 20.6 Å². The van der Waals surface area contributed by atoms with E-state index in [2.05, 4.69) is 4.57 Å². The summed E-state index contributed by atoms with van der Waals surface area (Å²) in [6, 6.07) is 27.1. The molecule has 1 fully saturated rings. The number of ether oxygens (including phenoxy) is 2. The number of halogens is 1. The molecule has 7 heteroatoms. The number of rotatable bonds is 8. The average Bonchev–Trinajstić information content (AvgIpc) is 3.38. The van der Waals surface area contributed by atoms with Crippen molar-refractivity contribution in [2.45, 2.75) is 44.8 Å². The van der Waals surface area contributed by atoms with Gasteiger partial charge in [-0.2, -0.15) is 0 Å². The molecule has 202 valence electrons. The van der Waals surface area contributed by atoms with Crippen molar-refractivity contribution in [3.8, 4) is 28.6 Å². The van der Waals surface area contributed by atoms with Crippen LogP contribution in [-0.2, 0) is 6.61 Å². The second-order valence-electron chi connectivity index (χ2n) is 10.1. The number of carboxylic acids is 1. The standard InChI is InChI=1S/C33H29FN2O4/c34-28-19-23(12-18-31(28)40-27-15-13-26(14-16-27)39-21-22-7-3-1-4-8-22)32-35-29-20-24(33(37)38)11-17-30(29)36(32)25-9-5-2-6-10-25/h1,3-4,7-8,11-20,25H,2,5-6,9-10,21H2,(H,37,38). The first-order chi connectivity index (χ1) is 19.5. The summed E-state index contributed by atoms with van der Waals surface area (Å²) in [7, 11) is 0. The second-order valence-corrected chi connectivity index (χ2v) is 10.1. The van der Waals surface area contributed by atoms with Crippen molar-refractivity contribution in [3.63, 3.8) is 0 Å². The number of benzene rings is 4. The molecule has 0 atom stereocenters. The van der Waals surface area contributed by atoms with Gasteiger partial charge in [0.05, 0.1) is 16.6 Å². The molecule has 1 heterocycles. The van der Waals surface area contributed by atoms with Gasteiger partial charge in [-0.05, 0) is 79.1 Å². The summed E-state index contributed by atoms with van der Waals surface area (Å²) in [5, 5.41) is 9.46. The normalized spacial score (nSPS) is 13.8. The van der Waals surface area contributed by atoms with Crippen molar-refractivity contribution in [2.75, 3.05) is 0 Å². The van der Waals surface area contributed by atoms with E-state index in [4.69, 9.17) is 14.5 Å². The fraction of sp³-hybridized carbons (Fsp3) is 0.212. The van der Waals surface area contributed by atoms with Crippen LogP contribution in [0.15, 0.2) is 91.0 Å². The molecule has 40 heavy (non-hydrogen) atoms. The average molecular weight is 537 g/mol. The lowest BCUT2D eigenvalue weighted by atomic mass is 9.94. The number of nitrogens with zero attached hydrogens (tertiary/aromatic N) is 2. The number of carboxylic acid groups (broad SMARTS) is 1. The maximum Gasteiger partial charge on any atom is 0.335 e. The SMILES string of the molecule is O=C(O)c1ccc2c(c1)nc(-c1ccc(Oc3ccc(OCc4ccccc4)cc3)c(F)c1)n2C1CCCCC1. The summed E-state index contributed by atoms with van der Waals surface area (Å²) < 4.78 is 29.2. The summed E-state index contributed by atoms with van der Waals surface area (Å²) in [6.07, 6.45) is 5.45. The minimum Gasteiger partial charge on any atom is -0.489 e. The van der Waals surface area contributed by atoms with Crippen LogP contribution in [0.2, 0.25) is 0 Å². The summed E-state index contributed by atoms with van der Waals surface area (Å²) in [6.45, 7) is 0.459. The Morgan fingerprint density at radius 3 is 2.38 bits per heavy atom. The zero-order valence-corrected chi connectivity index (χ0v) is 21.9. The van der Waals surface area contributed by atoms with E-state index in [1.165, 1.54) is 12.5 Å². The largest absolute Gasteiger partial charge is 0.489 e. The molecule has 0 amide bonds. The Balaban J connectivity index is 1.24. The lowest BCUT2D eigenvalue weighted by molar-refractivity contribution is 0.0697. The van der Waals surface area contributed by atoms with Crippen LogP contribution in [0.4, 0.5) is 4.39 Å². The lowest BCUT2D eigenvalue weighted by Crippen LogP contribution is -2.14. The van der Waals surface area contributed by atoms with E-state index in [-0.39, 0.29) is 17.4 Å². The Morgan fingerprint density at radius 2 is 1.65 bits per heavy atom. The first-order valence-electron chi connectivity index (χ1n) is 13.5. The van der Waals surface area contributed by atoms with Gasteiger partial charge in [0, 0.05) is 11.6 Å². The minimum atomic E-state index is -1.00. The summed E-state index contributed by atoms with van der Waals surface area (Å²) >= 11 is 0. The quantitative estimate of drug-likeness (QED) is 0.215. The number of fused-ring (bicyclic) bond motifs is 1. The molecule has 1 aliphatic rings. The molecule has 6 rings (SSSR count). The fourth-order valence-corrected chi connectivity index (χ4v) is 5.34. The van der Waals surface area contributed by atoms with E-state index in [0.717, 1.165) is 36.8 Å². The molecule has 0 spiro atoms. The third-order valence-corrected chi connectivity index (χ3v) is 7.37. The van der Waals surface area contributed by atoms with Gasteiger partial charge in [-0.25, -0.2) is 14.2 Å². The van der Waals surface area contributed by atoms with Crippen molar-refractivity contribution in [1.29, 1.82) is 0 Å². The Morgan fingerprint density at radius 1 is 0.900 bits per heavy atom. The van der Waals surface area contributed by atoms with Crippen LogP contribution in [0.3, 0.4) is 0 Å². The van der Waals surface area contributed by atoms with Gasteiger partial charge in [0.1, 0.15) is 23.9 Å². The van der Waals surface area contributed by atoms with Crippen molar-refractivity contribution >= 4 is 17.0 Å². The van der Waals surface area contributed by atoms with E-state index in [1.807, 2.05) is 36.4 Å². The third-order valence-electron chi connectivity index (χ3n) is 7.37. The van der Waals surface area contributed by atoms with Crippen LogP contribution >= 0.6 is 0 Å². The number of aromatic nitrogens is 2. The first kappa shape index (κ1) is 25.6. The zero-order chi connectivity index (χ0) is 27.5. The van der Waals surface area contributed by atoms with E-state index in [1.54, 1.807) is 48.5 Å². The smallest absolute Gasteiger partial charge is 0.335 e. The molecule has 0 unspecified atom stereocenters. The van der Waals surface area contributed by atoms with Gasteiger partial charge < -0.3 is 19.1 Å². The topological polar surface area (TPSA) is 73.6 Å². The third kappa shape index (κ3) is 5.41. The Labute approximate surface area is 231 Å². The van der Waals surface area contributed by atoms with Crippen molar-refractivity contribution in [3.05, 3.63) is 108 Å². The molecular formula is C33H29FN2O4. The molecule has 1 saturated carbocycles. The van der Waals surface area contributed by atoms with E-state index in [0.29, 0.717) is 35.0 Å². The second kappa shape index (κ2) is 11.2. The van der Waals surface area contributed by atoms with Crippen LogP contribution in [0.1, 0.15) is 54.1 Å². The van der Waals surface area contributed by atoms with Gasteiger partial charge in [0.25, 0.3) is 0 Å². The van der Waals surface area contributed by atoms with Gasteiger partial charge in [-0.3, -0.25) is 0 Å². The van der Waals surface area contributed by atoms with Crippen molar-refractivity contribution in [2.24, 2.45) is 0 Å². The summed E-state index contributed by atoms with van der Waals surface area (Å²) in [4.78, 5) is 16.3. The summed E-state index contributed by atoms with van der Waals surface area (Å²) in [5.41, 5.74) is 3.33. The van der Waals surface area contributed by atoms with Gasteiger partial charge in [0.15, 0.2) is 11.6 Å². The summed E-state index contributed by atoms with van der Waals surface area (Å²) in [5.74, 6) is 0.424. The number of imidazole rings is 1. The number of hydrogen-bond acceptors (Lipinski definition) is 4. The molecule has 0 radical (unpaired) electrons. The maximum atomic E-state index is 15.3. The molecule has 0 bridgehead atoms. The molecule has 4 aromatic carbocycles. The Kier molecular flexibility index (Phi) is 7.19. The molecule has 0 aliphatic heterocycles. The van der Waals surface area contributed by atoms with Crippen LogP contribution < -0.4 is 9.47 Å². The van der Waals surface area contributed by atoms with Gasteiger partial charge >= 0.3 is 5.97 Å². The number of hydrogen-bond donors (Lipinski definition) is 1. The Bertz CT molecular complexity index is 1640. The lowest BCUT2D eigenvalue weighted by Gasteiger charge is -2.25. The molecule has 1 aliphatic carbocycles. The zero-order valence-electron chi connectivity index (χ0n) is 21.9. The molecule has 6 nitrogen and oxygen atoms in total. The van der Waals surface area contributed by atoms with E-state index >= 15 is 4.39 Å². The van der Waals surface area contributed by atoms with E-state index in [9.17, 15) is 9.90 Å². The van der Waals surface area contributed by atoms with Gasteiger partial charge in [-0.15, -0.1) is 0 Å². The number of carbonyl (C=O) groups is 1. The highest BCUT2D eigenvalue weighted by atomic mass is 19.1. The molecule has 1 aromatic heterocycles. The first-order valence-corrected chi connectivity index (χ1v) is 13.5. The highest BCUT2D eigenvalue weighted by Crippen LogP contribution is 2.37. The molecule has 0 saturated heterocycles. The number of aromatic carboxylic acids is 1.